The molecule has 0 heterocycles. The van der Waals surface area contributed by atoms with Gasteiger partial charge in [0.1, 0.15) is 6.04 Å². The lowest BCUT2D eigenvalue weighted by molar-refractivity contribution is -0.139. The highest BCUT2D eigenvalue weighted by atomic mass is 16.4. The highest BCUT2D eigenvalue weighted by Gasteiger charge is 2.11. The van der Waals surface area contributed by atoms with Gasteiger partial charge in [-0.1, -0.05) is 0 Å². The molecule has 1 atom stereocenters. The predicted molar refractivity (Wildman–Crippen MR) is 34.2 cm³/mol. The van der Waals surface area contributed by atoms with Gasteiger partial charge in [-0.3, -0.25) is 4.79 Å². The maximum Gasteiger partial charge on any atom is 0.320 e. The Bertz CT molecular complexity index is 95.0. The molecule has 0 aliphatic carbocycles. The Kier molecular flexibility index (Phi) is 4.00. The number of likely N-dealkylation sites (N-methyl/N-ethyl adjacent to an activating group) is 1. The molecule has 0 aliphatic rings. The van der Waals surface area contributed by atoms with E-state index in [1.54, 1.807) is 7.05 Å². The first-order valence-corrected chi connectivity index (χ1v) is 2.82. The SMILES string of the molecule is CN[C@H](CCN)C(=O)O. The van der Waals surface area contributed by atoms with Gasteiger partial charge in [-0.25, -0.2) is 0 Å². The summed E-state index contributed by atoms with van der Waals surface area (Å²) in [4.78, 5) is 10.2. The van der Waals surface area contributed by atoms with E-state index in [-0.39, 0.29) is 0 Å². The van der Waals surface area contributed by atoms with Crippen LogP contribution in [0, 0.1) is 0 Å². The second kappa shape index (κ2) is 4.29. The smallest absolute Gasteiger partial charge is 0.320 e. The molecule has 4 N–H and O–H groups in total. The molecule has 54 valence electrons. The van der Waals surface area contributed by atoms with E-state index in [0.29, 0.717) is 13.0 Å². The predicted octanol–water partition coefficient (Wildman–Crippen LogP) is -0.992. The summed E-state index contributed by atoms with van der Waals surface area (Å²) in [5, 5.41) is 11.0. The maximum atomic E-state index is 10.2. The van der Waals surface area contributed by atoms with E-state index in [0.717, 1.165) is 0 Å². The average molecular weight is 132 g/mol. The first-order valence-electron chi connectivity index (χ1n) is 2.82. The van der Waals surface area contributed by atoms with Crippen LogP contribution in [0.15, 0.2) is 0 Å². The summed E-state index contributed by atoms with van der Waals surface area (Å²) in [6.45, 7) is 0.401. The van der Waals surface area contributed by atoms with Gasteiger partial charge < -0.3 is 16.2 Å². The molecule has 9 heavy (non-hydrogen) atoms. The van der Waals surface area contributed by atoms with Crippen LogP contribution in [0.1, 0.15) is 6.42 Å². The number of nitrogens with one attached hydrogen (secondary N) is 1. The Labute approximate surface area is 54.0 Å². The molecular formula is C5H12N2O2. The van der Waals surface area contributed by atoms with E-state index in [9.17, 15) is 4.79 Å². The normalized spacial score (nSPS) is 13.1. The molecule has 0 aromatic heterocycles. The molecule has 0 bridgehead atoms. The number of hydrogen-bond donors (Lipinski definition) is 3. The van der Waals surface area contributed by atoms with E-state index in [1.165, 1.54) is 0 Å². The summed E-state index contributed by atoms with van der Waals surface area (Å²) in [5.41, 5.74) is 5.14. The number of nitrogens with two attached hydrogens (primary N) is 1. The van der Waals surface area contributed by atoms with Crippen LogP contribution in [-0.4, -0.2) is 30.7 Å². The number of carbonyl (C=O) groups is 1. The van der Waals surface area contributed by atoms with Crippen LogP contribution in [0.3, 0.4) is 0 Å². The second-order valence-corrected chi connectivity index (χ2v) is 1.76. The van der Waals surface area contributed by atoms with Crippen molar-refractivity contribution in [2.24, 2.45) is 5.73 Å². The number of aliphatic carboxylic acids is 1. The van der Waals surface area contributed by atoms with Gasteiger partial charge in [0, 0.05) is 0 Å². The molecule has 0 radical (unpaired) electrons. The Morgan fingerprint density at radius 1 is 1.89 bits per heavy atom. The summed E-state index contributed by atoms with van der Waals surface area (Å²) in [6.07, 6.45) is 0.478. The van der Waals surface area contributed by atoms with Crippen molar-refractivity contribution in [1.82, 2.24) is 5.32 Å². The van der Waals surface area contributed by atoms with Gasteiger partial charge >= 0.3 is 5.97 Å². The van der Waals surface area contributed by atoms with Crippen molar-refractivity contribution in [3.8, 4) is 0 Å². The fourth-order valence-corrected chi connectivity index (χ4v) is 0.558. The molecule has 4 heteroatoms. The number of rotatable bonds is 4. The molecule has 0 unspecified atom stereocenters. The standard InChI is InChI=1S/C5H12N2O2/c1-7-4(2-3-6)5(8)9/h4,7H,2-3,6H2,1H3,(H,8,9)/t4-/m1/s1. The lowest BCUT2D eigenvalue weighted by atomic mass is 10.2. The minimum Gasteiger partial charge on any atom is -0.480 e. The van der Waals surface area contributed by atoms with Crippen LogP contribution >= 0.6 is 0 Å². The van der Waals surface area contributed by atoms with E-state index >= 15 is 0 Å². The zero-order chi connectivity index (χ0) is 7.28. The zero-order valence-corrected chi connectivity index (χ0v) is 5.42. The van der Waals surface area contributed by atoms with Gasteiger partial charge in [-0.15, -0.1) is 0 Å². The monoisotopic (exact) mass is 132 g/mol. The molecule has 0 amide bonds. The summed E-state index contributed by atoms with van der Waals surface area (Å²) < 4.78 is 0. The molecule has 0 aromatic carbocycles. The quantitative estimate of drug-likeness (QED) is 0.459. The number of carboxylic acids is 1. The molecule has 0 fully saturated rings. The molecule has 0 saturated heterocycles. The van der Waals surface area contributed by atoms with Crippen LogP contribution in [0.5, 0.6) is 0 Å². The topological polar surface area (TPSA) is 75.3 Å². The van der Waals surface area contributed by atoms with Crippen molar-refractivity contribution < 1.29 is 9.90 Å². The van der Waals surface area contributed by atoms with Crippen molar-refractivity contribution in [3.05, 3.63) is 0 Å². The van der Waals surface area contributed by atoms with Crippen LogP contribution < -0.4 is 11.1 Å². The Hall–Kier alpha value is -0.610. The lowest BCUT2D eigenvalue weighted by Gasteiger charge is -2.07. The molecule has 0 aromatic rings. The fourth-order valence-electron chi connectivity index (χ4n) is 0.558. The number of carboxylic acid groups (broad SMARTS) is 1. The fraction of sp³-hybridized carbons (Fsp3) is 0.800. The van der Waals surface area contributed by atoms with Crippen LogP contribution in [0.25, 0.3) is 0 Å². The van der Waals surface area contributed by atoms with E-state index in [1.807, 2.05) is 0 Å². The van der Waals surface area contributed by atoms with Gasteiger partial charge in [0.15, 0.2) is 0 Å². The van der Waals surface area contributed by atoms with Gasteiger partial charge in [0.2, 0.25) is 0 Å². The van der Waals surface area contributed by atoms with Crippen LogP contribution in [0.2, 0.25) is 0 Å². The largest absolute Gasteiger partial charge is 0.480 e. The summed E-state index contributed by atoms with van der Waals surface area (Å²) >= 11 is 0. The highest BCUT2D eigenvalue weighted by Crippen LogP contribution is 1.86. The molecule has 0 saturated carbocycles. The first kappa shape index (κ1) is 8.39. The van der Waals surface area contributed by atoms with Crippen molar-refractivity contribution in [2.45, 2.75) is 12.5 Å². The maximum absolute atomic E-state index is 10.2. The first-order chi connectivity index (χ1) is 4.22. The van der Waals surface area contributed by atoms with Gasteiger partial charge in [-0.2, -0.15) is 0 Å². The second-order valence-electron chi connectivity index (χ2n) is 1.76. The van der Waals surface area contributed by atoms with Crippen LogP contribution in [0.4, 0.5) is 0 Å². The van der Waals surface area contributed by atoms with E-state index in [4.69, 9.17) is 10.8 Å². The third kappa shape index (κ3) is 3.05. The molecular weight excluding hydrogens is 120 g/mol. The van der Waals surface area contributed by atoms with Gasteiger partial charge in [-0.05, 0) is 20.0 Å². The molecule has 0 spiro atoms. The summed E-state index contributed by atoms with van der Waals surface area (Å²) in [5.74, 6) is -0.844. The van der Waals surface area contributed by atoms with Crippen molar-refractivity contribution >= 4 is 5.97 Å². The molecule has 0 rings (SSSR count). The minimum atomic E-state index is -0.844. The van der Waals surface area contributed by atoms with E-state index in [2.05, 4.69) is 5.32 Å². The zero-order valence-electron chi connectivity index (χ0n) is 5.42. The summed E-state index contributed by atoms with van der Waals surface area (Å²) in [6, 6.07) is -0.491. The number of hydrogen-bond acceptors (Lipinski definition) is 3. The van der Waals surface area contributed by atoms with Gasteiger partial charge in [0.05, 0.1) is 0 Å². The minimum absolute atomic E-state index is 0.401. The lowest BCUT2D eigenvalue weighted by Crippen LogP contribution is -2.35. The molecule has 4 nitrogen and oxygen atoms in total. The Morgan fingerprint density at radius 2 is 2.44 bits per heavy atom. The van der Waals surface area contributed by atoms with Crippen molar-refractivity contribution in [1.29, 1.82) is 0 Å². The van der Waals surface area contributed by atoms with Crippen molar-refractivity contribution in [3.63, 3.8) is 0 Å². The third-order valence-corrected chi connectivity index (χ3v) is 1.10. The Balaban J connectivity index is 3.54. The van der Waals surface area contributed by atoms with Crippen LogP contribution in [-0.2, 0) is 4.79 Å². The summed E-state index contributed by atoms with van der Waals surface area (Å²) in [7, 11) is 1.61. The highest BCUT2D eigenvalue weighted by molar-refractivity contribution is 5.73. The average Bonchev–Trinajstić information content (AvgIpc) is 1.82. The van der Waals surface area contributed by atoms with Crippen molar-refractivity contribution in [2.75, 3.05) is 13.6 Å². The molecule has 0 aliphatic heterocycles. The Morgan fingerprint density at radius 3 is 2.56 bits per heavy atom. The van der Waals surface area contributed by atoms with E-state index < -0.39 is 12.0 Å². The third-order valence-electron chi connectivity index (χ3n) is 1.10. The van der Waals surface area contributed by atoms with Gasteiger partial charge in [0.25, 0.3) is 0 Å².